The van der Waals surface area contributed by atoms with Gasteiger partial charge >= 0.3 is 5.97 Å². The molecule has 0 saturated heterocycles. The van der Waals surface area contributed by atoms with Gasteiger partial charge in [-0.05, 0) is 42.8 Å². The SMILES string of the molecule is Cc1ccccc1C(=O)OCCOc1ccc(S(N)(=O)=O)cc1. The standard InChI is InChI=1S/C16H17NO5S/c1-12-4-2-3-5-15(12)16(18)22-11-10-21-13-6-8-14(9-7-13)23(17,19)20/h2-9H,10-11H2,1H3,(H2,17,19,20). The van der Waals surface area contributed by atoms with Gasteiger partial charge < -0.3 is 9.47 Å². The van der Waals surface area contributed by atoms with Crippen molar-refractivity contribution in [2.75, 3.05) is 13.2 Å². The average molecular weight is 335 g/mol. The highest BCUT2D eigenvalue weighted by Crippen LogP contribution is 2.15. The fourth-order valence-electron chi connectivity index (χ4n) is 1.90. The third-order valence-electron chi connectivity index (χ3n) is 3.10. The molecule has 0 spiro atoms. The molecule has 7 heteroatoms. The van der Waals surface area contributed by atoms with Crippen LogP contribution in [0.2, 0.25) is 0 Å². The van der Waals surface area contributed by atoms with Crippen LogP contribution in [0.15, 0.2) is 53.4 Å². The summed E-state index contributed by atoms with van der Waals surface area (Å²) in [6.07, 6.45) is 0. The molecule has 0 aliphatic rings. The Hall–Kier alpha value is -2.38. The van der Waals surface area contributed by atoms with Gasteiger partial charge in [0.05, 0.1) is 10.5 Å². The number of aryl methyl sites for hydroxylation is 1. The molecule has 0 atom stereocenters. The van der Waals surface area contributed by atoms with Gasteiger partial charge in [-0.15, -0.1) is 0 Å². The van der Waals surface area contributed by atoms with Crippen molar-refractivity contribution in [3.8, 4) is 5.75 Å². The Bertz CT molecular complexity index is 784. The number of nitrogens with two attached hydrogens (primary N) is 1. The molecule has 0 heterocycles. The van der Waals surface area contributed by atoms with Crippen LogP contribution in [0.1, 0.15) is 15.9 Å². The number of hydrogen-bond acceptors (Lipinski definition) is 5. The number of benzene rings is 2. The van der Waals surface area contributed by atoms with E-state index in [-0.39, 0.29) is 18.1 Å². The molecule has 122 valence electrons. The molecule has 0 radical (unpaired) electrons. The van der Waals surface area contributed by atoms with Crippen molar-refractivity contribution >= 4 is 16.0 Å². The first kappa shape index (κ1) is 17.0. The van der Waals surface area contributed by atoms with E-state index in [0.717, 1.165) is 5.56 Å². The topological polar surface area (TPSA) is 95.7 Å². The first-order valence-corrected chi connectivity index (χ1v) is 8.41. The van der Waals surface area contributed by atoms with Crippen molar-refractivity contribution in [1.29, 1.82) is 0 Å². The highest BCUT2D eigenvalue weighted by atomic mass is 32.2. The van der Waals surface area contributed by atoms with Crippen molar-refractivity contribution in [1.82, 2.24) is 0 Å². The summed E-state index contributed by atoms with van der Waals surface area (Å²) in [5.41, 5.74) is 1.36. The second-order valence-electron chi connectivity index (χ2n) is 4.82. The average Bonchev–Trinajstić information content (AvgIpc) is 2.51. The van der Waals surface area contributed by atoms with E-state index in [0.29, 0.717) is 11.3 Å². The lowest BCUT2D eigenvalue weighted by Gasteiger charge is -2.09. The van der Waals surface area contributed by atoms with E-state index < -0.39 is 16.0 Å². The van der Waals surface area contributed by atoms with Crippen LogP contribution >= 0.6 is 0 Å². The van der Waals surface area contributed by atoms with Crippen LogP contribution in [0.25, 0.3) is 0 Å². The molecule has 0 aliphatic heterocycles. The summed E-state index contributed by atoms with van der Waals surface area (Å²) in [5.74, 6) is 0.0561. The van der Waals surface area contributed by atoms with Crippen LogP contribution in [0.3, 0.4) is 0 Å². The molecule has 6 nitrogen and oxygen atoms in total. The van der Waals surface area contributed by atoms with E-state index in [1.165, 1.54) is 24.3 Å². The lowest BCUT2D eigenvalue weighted by atomic mass is 10.1. The highest BCUT2D eigenvalue weighted by molar-refractivity contribution is 7.89. The van der Waals surface area contributed by atoms with E-state index in [1.807, 2.05) is 19.1 Å². The first-order chi connectivity index (χ1) is 10.9. The van der Waals surface area contributed by atoms with E-state index in [1.54, 1.807) is 12.1 Å². The summed E-state index contributed by atoms with van der Waals surface area (Å²) in [5, 5.41) is 5.00. The van der Waals surface area contributed by atoms with Gasteiger partial charge in [-0.1, -0.05) is 18.2 Å². The number of primary sulfonamides is 1. The third kappa shape index (κ3) is 4.80. The first-order valence-electron chi connectivity index (χ1n) is 6.86. The van der Waals surface area contributed by atoms with Crippen molar-refractivity contribution in [3.63, 3.8) is 0 Å². The lowest BCUT2D eigenvalue weighted by Crippen LogP contribution is -2.14. The normalized spacial score (nSPS) is 11.0. The van der Waals surface area contributed by atoms with Gasteiger partial charge in [0.15, 0.2) is 0 Å². The fraction of sp³-hybridized carbons (Fsp3) is 0.188. The Balaban J connectivity index is 1.82. The molecule has 2 aromatic carbocycles. The van der Waals surface area contributed by atoms with E-state index >= 15 is 0 Å². The number of carbonyl (C=O) groups is 1. The van der Waals surface area contributed by atoms with Crippen LogP contribution < -0.4 is 9.88 Å². The van der Waals surface area contributed by atoms with Gasteiger partial charge in [0, 0.05) is 0 Å². The number of rotatable bonds is 6. The minimum Gasteiger partial charge on any atom is -0.490 e. The van der Waals surface area contributed by atoms with Crippen molar-refractivity contribution in [2.45, 2.75) is 11.8 Å². The Morgan fingerprint density at radius 1 is 1.04 bits per heavy atom. The van der Waals surface area contributed by atoms with Gasteiger partial charge in [0.1, 0.15) is 19.0 Å². The summed E-state index contributed by atoms with van der Waals surface area (Å²) in [6.45, 7) is 2.08. The second-order valence-corrected chi connectivity index (χ2v) is 6.38. The zero-order valence-corrected chi connectivity index (χ0v) is 13.4. The number of hydrogen-bond donors (Lipinski definition) is 1. The van der Waals surface area contributed by atoms with E-state index in [4.69, 9.17) is 14.6 Å². The molecule has 0 unspecified atom stereocenters. The summed E-state index contributed by atoms with van der Waals surface area (Å²) in [6, 6.07) is 12.8. The quantitative estimate of drug-likeness (QED) is 0.642. The third-order valence-corrected chi connectivity index (χ3v) is 4.03. The Morgan fingerprint density at radius 3 is 2.30 bits per heavy atom. The summed E-state index contributed by atoms with van der Waals surface area (Å²) in [4.78, 5) is 11.9. The number of esters is 1. The second kappa shape index (κ2) is 7.26. The smallest absolute Gasteiger partial charge is 0.338 e. The van der Waals surface area contributed by atoms with Crippen molar-refractivity contribution in [2.24, 2.45) is 5.14 Å². The maximum Gasteiger partial charge on any atom is 0.338 e. The predicted octanol–water partition coefficient (Wildman–Crippen LogP) is 1.88. The lowest BCUT2D eigenvalue weighted by molar-refractivity contribution is 0.0449. The van der Waals surface area contributed by atoms with E-state index in [2.05, 4.69) is 0 Å². The zero-order valence-electron chi connectivity index (χ0n) is 12.6. The maximum absolute atomic E-state index is 11.9. The van der Waals surface area contributed by atoms with Crippen LogP contribution in [-0.4, -0.2) is 27.6 Å². The fourth-order valence-corrected chi connectivity index (χ4v) is 2.41. The molecule has 0 aliphatic carbocycles. The number of sulfonamides is 1. The van der Waals surface area contributed by atoms with Crippen LogP contribution in [-0.2, 0) is 14.8 Å². The van der Waals surface area contributed by atoms with Crippen LogP contribution in [0, 0.1) is 6.92 Å². The molecule has 0 bridgehead atoms. The monoisotopic (exact) mass is 335 g/mol. The highest BCUT2D eigenvalue weighted by Gasteiger charge is 2.10. The molecule has 23 heavy (non-hydrogen) atoms. The summed E-state index contributed by atoms with van der Waals surface area (Å²) >= 11 is 0. The molecule has 2 aromatic rings. The Morgan fingerprint density at radius 2 is 1.70 bits per heavy atom. The Kier molecular flexibility index (Phi) is 5.36. The summed E-state index contributed by atoms with van der Waals surface area (Å²) < 4.78 is 32.7. The van der Waals surface area contributed by atoms with Gasteiger partial charge in [-0.25, -0.2) is 18.4 Å². The molecule has 0 aromatic heterocycles. The molecule has 0 amide bonds. The van der Waals surface area contributed by atoms with Gasteiger partial charge in [0.25, 0.3) is 0 Å². The van der Waals surface area contributed by atoms with Gasteiger partial charge in [-0.2, -0.15) is 0 Å². The molecule has 2 rings (SSSR count). The van der Waals surface area contributed by atoms with Gasteiger partial charge in [0.2, 0.25) is 10.0 Å². The van der Waals surface area contributed by atoms with Crippen LogP contribution in [0.5, 0.6) is 5.75 Å². The largest absolute Gasteiger partial charge is 0.490 e. The van der Waals surface area contributed by atoms with E-state index in [9.17, 15) is 13.2 Å². The minimum atomic E-state index is -3.72. The zero-order chi connectivity index (χ0) is 16.9. The molecular weight excluding hydrogens is 318 g/mol. The maximum atomic E-state index is 11.9. The number of carbonyl (C=O) groups excluding carboxylic acids is 1. The molecule has 0 saturated carbocycles. The molecule has 2 N–H and O–H groups in total. The predicted molar refractivity (Wildman–Crippen MR) is 84.8 cm³/mol. The van der Waals surface area contributed by atoms with Crippen molar-refractivity contribution in [3.05, 3.63) is 59.7 Å². The summed E-state index contributed by atoms with van der Waals surface area (Å²) in [7, 11) is -3.72. The van der Waals surface area contributed by atoms with Crippen molar-refractivity contribution < 1.29 is 22.7 Å². The molecular formula is C16H17NO5S. The molecule has 0 fully saturated rings. The number of ether oxygens (including phenoxy) is 2. The Labute approximate surface area is 134 Å². The minimum absolute atomic E-state index is 0.0100. The van der Waals surface area contributed by atoms with Crippen LogP contribution in [0.4, 0.5) is 0 Å². The van der Waals surface area contributed by atoms with Gasteiger partial charge in [-0.3, -0.25) is 0 Å².